The largest absolute Gasteiger partial charge is 0.198 e. The van der Waals surface area contributed by atoms with Crippen molar-refractivity contribution in [1.29, 1.82) is 5.26 Å². The van der Waals surface area contributed by atoms with E-state index in [1.165, 1.54) is 24.8 Å². The molecule has 0 radical (unpaired) electrons. The Bertz CT molecular complexity index is 421. The Hall–Kier alpha value is -1.00. The van der Waals surface area contributed by atoms with Gasteiger partial charge < -0.3 is 0 Å². The summed E-state index contributed by atoms with van der Waals surface area (Å²) >= 11 is 6.29. The summed E-state index contributed by atoms with van der Waals surface area (Å²) in [5.74, 6) is 1.05. The van der Waals surface area contributed by atoms with E-state index in [1.807, 2.05) is 25.1 Å². The molecule has 1 aromatic rings. The molecule has 1 aliphatic carbocycles. The van der Waals surface area contributed by atoms with E-state index in [1.54, 1.807) is 0 Å². The maximum Gasteiger partial charge on any atom is 0.0656 e. The second-order valence-electron chi connectivity index (χ2n) is 4.99. The zero-order valence-corrected chi connectivity index (χ0v) is 11.0. The maximum absolute atomic E-state index is 9.14. The van der Waals surface area contributed by atoms with Crippen LogP contribution in [0.5, 0.6) is 0 Å². The van der Waals surface area contributed by atoms with E-state index in [-0.39, 0.29) is 5.92 Å². The van der Waals surface area contributed by atoms with Gasteiger partial charge in [-0.1, -0.05) is 42.6 Å². The fourth-order valence-corrected chi connectivity index (χ4v) is 3.29. The molecule has 2 rings (SSSR count). The van der Waals surface area contributed by atoms with Crippen molar-refractivity contribution >= 4 is 11.6 Å². The molecule has 3 unspecified atom stereocenters. The van der Waals surface area contributed by atoms with Crippen LogP contribution in [0.3, 0.4) is 0 Å². The Morgan fingerprint density at radius 1 is 1.29 bits per heavy atom. The van der Waals surface area contributed by atoms with Gasteiger partial charge in [0.15, 0.2) is 0 Å². The Kier molecular flexibility index (Phi) is 4.07. The lowest BCUT2D eigenvalue weighted by Crippen LogP contribution is -2.23. The van der Waals surface area contributed by atoms with Gasteiger partial charge in [-0.25, -0.2) is 0 Å². The summed E-state index contributed by atoms with van der Waals surface area (Å²) in [5, 5.41) is 9.99. The van der Waals surface area contributed by atoms with E-state index in [2.05, 4.69) is 12.1 Å². The van der Waals surface area contributed by atoms with Gasteiger partial charge in [0.1, 0.15) is 0 Å². The number of nitriles is 1. The zero-order valence-electron chi connectivity index (χ0n) is 10.2. The van der Waals surface area contributed by atoms with E-state index >= 15 is 0 Å². The van der Waals surface area contributed by atoms with Gasteiger partial charge >= 0.3 is 0 Å². The van der Waals surface area contributed by atoms with Crippen molar-refractivity contribution in [3.05, 3.63) is 34.9 Å². The molecule has 1 aliphatic rings. The van der Waals surface area contributed by atoms with Crippen LogP contribution < -0.4 is 0 Å². The Morgan fingerprint density at radius 3 is 2.71 bits per heavy atom. The lowest BCUT2D eigenvalue weighted by molar-refractivity contribution is 0.260. The van der Waals surface area contributed by atoms with Gasteiger partial charge in [0.2, 0.25) is 0 Å². The Balaban J connectivity index is 2.29. The second-order valence-corrected chi connectivity index (χ2v) is 5.40. The average molecular weight is 248 g/mol. The molecule has 3 atom stereocenters. The Morgan fingerprint density at radius 2 is 2.00 bits per heavy atom. The highest BCUT2D eigenvalue weighted by Gasteiger charge is 2.31. The SMILES string of the molecule is CC(C#N)C1CCCCC1c1ccccc1Cl. The molecule has 0 N–H and O–H groups in total. The quantitative estimate of drug-likeness (QED) is 0.738. The summed E-state index contributed by atoms with van der Waals surface area (Å²) in [6, 6.07) is 10.5. The number of hydrogen-bond donors (Lipinski definition) is 0. The van der Waals surface area contributed by atoms with Crippen LogP contribution in [0.4, 0.5) is 0 Å². The molecule has 1 fully saturated rings. The highest BCUT2D eigenvalue weighted by atomic mass is 35.5. The first kappa shape index (κ1) is 12.5. The fraction of sp³-hybridized carbons (Fsp3) is 0.533. The second kappa shape index (κ2) is 5.56. The van der Waals surface area contributed by atoms with Crippen LogP contribution in [0, 0.1) is 23.2 Å². The molecule has 1 saturated carbocycles. The predicted octanol–water partition coefficient (Wildman–Crippen LogP) is 4.77. The van der Waals surface area contributed by atoms with Crippen LogP contribution in [0.15, 0.2) is 24.3 Å². The smallest absolute Gasteiger partial charge is 0.0656 e. The van der Waals surface area contributed by atoms with Crippen molar-refractivity contribution < 1.29 is 0 Å². The van der Waals surface area contributed by atoms with E-state index in [9.17, 15) is 0 Å². The zero-order chi connectivity index (χ0) is 12.3. The molecule has 0 aliphatic heterocycles. The van der Waals surface area contributed by atoms with Crippen LogP contribution >= 0.6 is 11.6 Å². The van der Waals surface area contributed by atoms with E-state index in [4.69, 9.17) is 16.9 Å². The molecule has 17 heavy (non-hydrogen) atoms. The monoisotopic (exact) mass is 247 g/mol. The molecular formula is C15H18ClN. The molecule has 90 valence electrons. The summed E-state index contributed by atoms with van der Waals surface area (Å²) < 4.78 is 0. The van der Waals surface area contributed by atoms with Crippen LogP contribution in [-0.4, -0.2) is 0 Å². The van der Waals surface area contributed by atoms with Gasteiger partial charge in [-0.15, -0.1) is 0 Å². The van der Waals surface area contributed by atoms with Gasteiger partial charge in [0, 0.05) is 10.9 Å². The summed E-state index contributed by atoms with van der Waals surface area (Å²) in [5.41, 5.74) is 1.24. The topological polar surface area (TPSA) is 23.8 Å². The van der Waals surface area contributed by atoms with Gasteiger partial charge in [0.05, 0.1) is 6.07 Å². The fourth-order valence-electron chi connectivity index (χ4n) is 3.02. The number of halogens is 1. The van der Waals surface area contributed by atoms with Crippen molar-refractivity contribution in [3.8, 4) is 6.07 Å². The number of hydrogen-bond acceptors (Lipinski definition) is 1. The molecule has 1 nitrogen and oxygen atoms in total. The first-order valence-electron chi connectivity index (χ1n) is 6.38. The van der Waals surface area contributed by atoms with Crippen molar-refractivity contribution in [2.45, 2.75) is 38.5 Å². The van der Waals surface area contributed by atoms with E-state index in [0.717, 1.165) is 11.4 Å². The van der Waals surface area contributed by atoms with Crippen LogP contribution in [0.25, 0.3) is 0 Å². The minimum atomic E-state index is 0.122. The molecular weight excluding hydrogens is 230 g/mol. The van der Waals surface area contributed by atoms with Crippen LogP contribution in [0.2, 0.25) is 5.02 Å². The summed E-state index contributed by atoms with van der Waals surface area (Å²) in [6.45, 7) is 2.04. The molecule has 0 saturated heterocycles. The standard InChI is InChI=1S/C15H18ClN/c1-11(10-17)12-6-2-3-7-13(12)14-8-4-5-9-15(14)16/h4-5,8-9,11-13H,2-3,6-7H2,1H3. The minimum absolute atomic E-state index is 0.122. The maximum atomic E-state index is 9.14. The van der Waals surface area contributed by atoms with Crippen LogP contribution in [-0.2, 0) is 0 Å². The molecule has 2 heteroatoms. The first-order valence-corrected chi connectivity index (χ1v) is 6.76. The van der Waals surface area contributed by atoms with Crippen LogP contribution in [0.1, 0.15) is 44.1 Å². The molecule has 1 aromatic carbocycles. The lowest BCUT2D eigenvalue weighted by atomic mass is 9.70. The number of benzene rings is 1. The number of nitrogens with zero attached hydrogens (tertiary/aromatic N) is 1. The van der Waals surface area contributed by atoms with E-state index < -0.39 is 0 Å². The normalized spacial score (nSPS) is 26.2. The van der Waals surface area contributed by atoms with E-state index in [0.29, 0.717) is 11.8 Å². The van der Waals surface area contributed by atoms with Gasteiger partial charge in [-0.3, -0.25) is 0 Å². The molecule has 0 spiro atoms. The van der Waals surface area contributed by atoms with Crippen molar-refractivity contribution in [3.63, 3.8) is 0 Å². The van der Waals surface area contributed by atoms with Crippen molar-refractivity contribution in [1.82, 2.24) is 0 Å². The minimum Gasteiger partial charge on any atom is -0.198 e. The lowest BCUT2D eigenvalue weighted by Gasteiger charge is -2.34. The summed E-state index contributed by atoms with van der Waals surface area (Å²) in [4.78, 5) is 0. The third-order valence-corrected chi connectivity index (χ3v) is 4.31. The van der Waals surface area contributed by atoms with Gasteiger partial charge in [-0.2, -0.15) is 5.26 Å². The molecule has 0 amide bonds. The summed E-state index contributed by atoms with van der Waals surface area (Å²) in [6.07, 6.45) is 4.83. The Labute approximate surface area is 108 Å². The van der Waals surface area contributed by atoms with Gasteiger partial charge in [0.25, 0.3) is 0 Å². The molecule has 0 heterocycles. The number of rotatable bonds is 2. The average Bonchev–Trinajstić information content (AvgIpc) is 2.38. The van der Waals surface area contributed by atoms with Gasteiger partial charge in [-0.05, 0) is 43.2 Å². The summed E-state index contributed by atoms with van der Waals surface area (Å²) in [7, 11) is 0. The van der Waals surface area contributed by atoms with Crippen molar-refractivity contribution in [2.24, 2.45) is 11.8 Å². The third kappa shape index (κ3) is 2.64. The van der Waals surface area contributed by atoms with Crippen molar-refractivity contribution in [2.75, 3.05) is 0 Å². The third-order valence-electron chi connectivity index (χ3n) is 3.97. The molecule has 0 aromatic heterocycles. The molecule has 0 bridgehead atoms. The highest BCUT2D eigenvalue weighted by Crippen LogP contribution is 2.43. The predicted molar refractivity (Wildman–Crippen MR) is 70.9 cm³/mol. The first-order chi connectivity index (χ1) is 8.24. The highest BCUT2D eigenvalue weighted by molar-refractivity contribution is 6.31.